The van der Waals surface area contributed by atoms with Crippen LogP contribution in [0.2, 0.25) is 0 Å². The van der Waals surface area contributed by atoms with Crippen LogP contribution in [0.4, 0.5) is 16.4 Å². The molecule has 4 aromatic heterocycles. The van der Waals surface area contributed by atoms with E-state index in [2.05, 4.69) is 30.6 Å². The van der Waals surface area contributed by atoms with E-state index in [1.807, 2.05) is 13.8 Å². The van der Waals surface area contributed by atoms with Crippen LogP contribution in [0.15, 0.2) is 95.2 Å². The monoisotopic (exact) mass is 602 g/mol. The summed E-state index contributed by atoms with van der Waals surface area (Å²) in [4.78, 5) is 29.8. The molecule has 0 aliphatic heterocycles. The normalized spacial score (nSPS) is 12.0. The van der Waals surface area contributed by atoms with E-state index in [-0.39, 0.29) is 43.8 Å². The molecule has 4 heterocycles. The van der Waals surface area contributed by atoms with Crippen molar-refractivity contribution in [2.75, 3.05) is 10.6 Å². The number of benzene rings is 2. The van der Waals surface area contributed by atoms with Crippen LogP contribution in [0.1, 0.15) is 11.1 Å². The fourth-order valence-electron chi connectivity index (χ4n) is 4.19. The van der Waals surface area contributed by atoms with Crippen molar-refractivity contribution < 1.29 is 21.6 Å². The second kappa shape index (κ2) is 10.0. The largest absolute Gasteiger partial charge is 0.326 e. The number of carbonyl (C=O) groups is 1. The zero-order valence-corrected chi connectivity index (χ0v) is 23.8. The van der Waals surface area contributed by atoms with Gasteiger partial charge in [0.15, 0.2) is 22.9 Å². The highest BCUT2D eigenvalue weighted by Gasteiger charge is 2.22. The molecule has 15 heteroatoms. The number of rotatable bonds is 6. The highest BCUT2D eigenvalue weighted by Crippen LogP contribution is 2.23. The van der Waals surface area contributed by atoms with Crippen LogP contribution < -0.4 is 10.6 Å². The maximum atomic E-state index is 13.1. The van der Waals surface area contributed by atoms with E-state index in [0.29, 0.717) is 0 Å². The van der Waals surface area contributed by atoms with Crippen LogP contribution in [0.3, 0.4) is 0 Å². The average molecular weight is 603 g/mol. The average Bonchev–Trinajstić information content (AvgIpc) is 3.58. The zero-order chi connectivity index (χ0) is 29.6. The molecule has 212 valence electrons. The first-order valence-electron chi connectivity index (χ1n) is 12.4. The molecule has 2 N–H and O–H groups in total. The summed E-state index contributed by atoms with van der Waals surface area (Å²) < 4.78 is 54.4. The van der Waals surface area contributed by atoms with Crippen LogP contribution >= 0.6 is 0 Å². The molecule has 0 unspecified atom stereocenters. The van der Waals surface area contributed by atoms with Gasteiger partial charge in [0.05, 0.1) is 22.2 Å². The van der Waals surface area contributed by atoms with Crippen LogP contribution in [-0.4, -0.2) is 50.7 Å². The Morgan fingerprint density at radius 2 is 1.00 bits per heavy atom. The number of amides is 2. The fourth-order valence-corrected chi connectivity index (χ4v) is 6.79. The Hall–Kier alpha value is -5.15. The van der Waals surface area contributed by atoms with Gasteiger partial charge in [-0.25, -0.2) is 49.5 Å². The van der Waals surface area contributed by atoms with E-state index >= 15 is 0 Å². The SMILES string of the molecule is Cc1ccc(S(=O)(=O)n2ccc3nc(NC(=O)Nc4cnc5c(ccn5S(=O)(=O)c5ccc(C)cc5)n4)cnc32)cc1. The van der Waals surface area contributed by atoms with Crippen molar-refractivity contribution in [3.8, 4) is 0 Å². The summed E-state index contributed by atoms with van der Waals surface area (Å²) in [5.41, 5.74) is 2.55. The molecule has 2 amide bonds. The molecule has 6 aromatic rings. The molecule has 0 saturated heterocycles. The lowest BCUT2D eigenvalue weighted by Crippen LogP contribution is -2.21. The lowest BCUT2D eigenvalue weighted by atomic mass is 10.2. The molecule has 2 aromatic carbocycles. The molecular formula is C27H22N8O5S2. The van der Waals surface area contributed by atoms with Crippen molar-refractivity contribution in [3.05, 3.63) is 96.6 Å². The van der Waals surface area contributed by atoms with E-state index in [1.54, 1.807) is 24.3 Å². The molecule has 0 aliphatic rings. The molecule has 0 spiro atoms. The third-order valence-corrected chi connectivity index (χ3v) is 9.71. The molecular weight excluding hydrogens is 580 g/mol. The maximum Gasteiger partial charge on any atom is 0.326 e. The van der Waals surface area contributed by atoms with Gasteiger partial charge < -0.3 is 0 Å². The summed E-state index contributed by atoms with van der Waals surface area (Å²) in [6, 6.07) is 15.1. The van der Waals surface area contributed by atoms with Gasteiger partial charge in [0.1, 0.15) is 11.0 Å². The summed E-state index contributed by atoms with van der Waals surface area (Å²) >= 11 is 0. The minimum Gasteiger partial charge on any atom is -0.291 e. The molecule has 0 atom stereocenters. The van der Waals surface area contributed by atoms with Gasteiger partial charge in [-0.15, -0.1) is 0 Å². The van der Waals surface area contributed by atoms with Gasteiger partial charge in [0.2, 0.25) is 0 Å². The van der Waals surface area contributed by atoms with Crippen LogP contribution in [0.5, 0.6) is 0 Å². The Morgan fingerprint density at radius 1 is 0.619 bits per heavy atom. The first-order chi connectivity index (χ1) is 20.0. The molecule has 6 rings (SSSR count). The van der Waals surface area contributed by atoms with E-state index < -0.39 is 26.1 Å². The number of aryl methyl sites for hydroxylation is 2. The number of nitrogens with zero attached hydrogens (tertiary/aromatic N) is 6. The number of hydrogen-bond donors (Lipinski definition) is 2. The van der Waals surface area contributed by atoms with E-state index in [1.165, 1.54) is 61.2 Å². The lowest BCUT2D eigenvalue weighted by Gasteiger charge is -2.09. The number of anilines is 2. The lowest BCUT2D eigenvalue weighted by molar-refractivity contribution is 0.262. The standard InChI is InChI=1S/C27H22N8O5S2/c1-17-3-7-19(8-4-17)41(37,38)34-13-11-21-25(34)28-15-23(30-21)32-27(36)33-24-16-29-26-22(31-24)12-14-35(26)42(39,40)20-9-5-18(2)6-10-20/h3-16H,1-2H3,(H2,30,31,32,33,36). The van der Waals surface area contributed by atoms with Crippen molar-refractivity contribution in [2.45, 2.75) is 23.6 Å². The Kier molecular flexibility index (Phi) is 6.46. The Labute approximate surface area is 240 Å². The van der Waals surface area contributed by atoms with Gasteiger partial charge in [0.25, 0.3) is 20.0 Å². The van der Waals surface area contributed by atoms with Crippen LogP contribution in [0.25, 0.3) is 22.3 Å². The van der Waals surface area contributed by atoms with Crippen LogP contribution in [-0.2, 0) is 20.0 Å². The summed E-state index contributed by atoms with van der Waals surface area (Å²) in [5.74, 6) is 0.129. The summed E-state index contributed by atoms with van der Waals surface area (Å²) in [6.07, 6.45) is 5.15. The Bertz CT molecular complexity index is 2050. The van der Waals surface area contributed by atoms with Gasteiger partial charge in [-0.2, -0.15) is 0 Å². The first kappa shape index (κ1) is 27.0. The highest BCUT2D eigenvalue weighted by molar-refractivity contribution is 7.90. The van der Waals surface area contributed by atoms with Crippen molar-refractivity contribution in [2.24, 2.45) is 0 Å². The molecule has 13 nitrogen and oxygen atoms in total. The number of urea groups is 1. The Balaban J connectivity index is 1.19. The van der Waals surface area contributed by atoms with E-state index in [4.69, 9.17) is 0 Å². The maximum absolute atomic E-state index is 13.1. The third kappa shape index (κ3) is 4.84. The summed E-state index contributed by atoms with van der Waals surface area (Å²) in [7, 11) is -7.80. The molecule has 0 radical (unpaired) electrons. The number of fused-ring (bicyclic) bond motifs is 2. The smallest absolute Gasteiger partial charge is 0.291 e. The third-order valence-electron chi connectivity index (χ3n) is 6.35. The number of carbonyl (C=O) groups excluding carboxylic acids is 1. The second-order valence-corrected chi connectivity index (χ2v) is 13.0. The van der Waals surface area contributed by atoms with Crippen molar-refractivity contribution in [1.29, 1.82) is 0 Å². The molecule has 0 bridgehead atoms. The molecule has 0 aliphatic carbocycles. The number of aromatic nitrogens is 6. The highest BCUT2D eigenvalue weighted by atomic mass is 32.2. The van der Waals surface area contributed by atoms with Gasteiger partial charge >= 0.3 is 6.03 Å². The van der Waals surface area contributed by atoms with Crippen molar-refractivity contribution in [1.82, 2.24) is 27.9 Å². The summed E-state index contributed by atoms with van der Waals surface area (Å²) in [6.45, 7) is 3.72. The zero-order valence-electron chi connectivity index (χ0n) is 22.1. The fraction of sp³-hybridized carbons (Fsp3) is 0.0741. The molecule has 0 saturated carbocycles. The van der Waals surface area contributed by atoms with Crippen molar-refractivity contribution in [3.63, 3.8) is 0 Å². The molecule has 0 fully saturated rings. The summed E-state index contributed by atoms with van der Waals surface area (Å²) in [5, 5.41) is 5.04. The van der Waals surface area contributed by atoms with Gasteiger partial charge in [-0.05, 0) is 50.2 Å². The van der Waals surface area contributed by atoms with Crippen molar-refractivity contribution >= 4 is 60.0 Å². The van der Waals surface area contributed by atoms with Gasteiger partial charge in [-0.1, -0.05) is 35.4 Å². The minimum absolute atomic E-state index is 0.0647. The van der Waals surface area contributed by atoms with E-state index in [0.717, 1.165) is 19.1 Å². The van der Waals surface area contributed by atoms with Gasteiger partial charge in [-0.3, -0.25) is 10.6 Å². The first-order valence-corrected chi connectivity index (χ1v) is 15.3. The predicted molar refractivity (Wildman–Crippen MR) is 155 cm³/mol. The number of nitrogens with one attached hydrogen (secondary N) is 2. The Morgan fingerprint density at radius 3 is 1.38 bits per heavy atom. The quantitative estimate of drug-likeness (QED) is 0.287. The minimum atomic E-state index is -3.90. The van der Waals surface area contributed by atoms with Gasteiger partial charge in [0, 0.05) is 12.4 Å². The second-order valence-electron chi connectivity index (χ2n) is 9.37. The number of hydrogen-bond acceptors (Lipinski definition) is 9. The predicted octanol–water partition coefficient (Wildman–Crippen LogP) is 3.91. The topological polar surface area (TPSA) is 171 Å². The van der Waals surface area contributed by atoms with E-state index in [9.17, 15) is 21.6 Å². The molecule has 42 heavy (non-hydrogen) atoms. The van der Waals surface area contributed by atoms with Crippen LogP contribution in [0, 0.1) is 13.8 Å².